The summed E-state index contributed by atoms with van der Waals surface area (Å²) in [6.45, 7) is 14.8. The second-order valence-electron chi connectivity index (χ2n) is 33.4. The summed E-state index contributed by atoms with van der Waals surface area (Å²) in [5.74, 6) is 3.16. The van der Waals surface area contributed by atoms with Crippen molar-refractivity contribution in [3.8, 4) is 34.5 Å². The fourth-order valence-corrected chi connectivity index (χ4v) is 19.2. The summed E-state index contributed by atoms with van der Waals surface area (Å²) in [5, 5.41) is 13.6. The molecule has 0 saturated heterocycles. The van der Waals surface area contributed by atoms with E-state index in [1.54, 1.807) is 34.3 Å². The Morgan fingerprint density at radius 3 is 1.21 bits per heavy atom. The van der Waals surface area contributed by atoms with Gasteiger partial charge in [-0.2, -0.15) is 28.1 Å². The molecule has 15 rings (SSSR count). The molecule has 4 N–H and O–H groups in total. The molecule has 10 aromatic rings. The highest BCUT2D eigenvalue weighted by atomic mass is 35.5. The van der Waals surface area contributed by atoms with Gasteiger partial charge < -0.3 is 49.7 Å². The van der Waals surface area contributed by atoms with Gasteiger partial charge in [-0.1, -0.05) is 208 Å². The van der Waals surface area contributed by atoms with E-state index in [0.717, 1.165) is 97.4 Å². The maximum atomic E-state index is 14.5. The van der Waals surface area contributed by atoms with E-state index in [1.165, 1.54) is 92.7 Å². The number of nitrogens with zero attached hydrogens (tertiary/aromatic N) is 12. The molecule has 2 aliphatic carbocycles. The van der Waals surface area contributed by atoms with E-state index < -0.39 is 35.6 Å². The molecule has 0 spiro atoms. The molecule has 0 radical (unpaired) electrons. The minimum atomic E-state index is -4.62. The van der Waals surface area contributed by atoms with Crippen LogP contribution in [0.4, 0.5) is 85.6 Å². The molecule has 30 nitrogen and oxygen atoms in total. The van der Waals surface area contributed by atoms with E-state index in [4.69, 9.17) is 108 Å². The molecular formula is C101H103Cl6F3N16O14. The molecule has 5 aliphatic rings. The Hall–Kier alpha value is -13.3. The molecule has 3 aliphatic heterocycles. The third-order valence-electron chi connectivity index (χ3n) is 24.3. The van der Waals surface area contributed by atoms with Crippen LogP contribution in [0.25, 0.3) is 0 Å². The minimum absolute atomic E-state index is 0.00425. The summed E-state index contributed by atoms with van der Waals surface area (Å²) < 4.78 is 73.1. The van der Waals surface area contributed by atoms with Crippen LogP contribution < -0.4 is 79.1 Å². The number of anilines is 10. The lowest BCUT2D eigenvalue weighted by molar-refractivity contribution is -0.137. The van der Waals surface area contributed by atoms with E-state index in [-0.39, 0.29) is 175 Å². The molecule has 6 heterocycles. The number of rotatable bonds is 35. The van der Waals surface area contributed by atoms with Gasteiger partial charge in [-0.3, -0.25) is 53.4 Å². The number of alkyl halides is 3. The van der Waals surface area contributed by atoms with Crippen LogP contribution >= 0.6 is 69.6 Å². The fourth-order valence-electron chi connectivity index (χ4n) is 17.1. The largest absolute Gasteiger partial charge is 0.495 e. The van der Waals surface area contributed by atoms with Crippen LogP contribution in [0.1, 0.15) is 140 Å². The van der Waals surface area contributed by atoms with Crippen molar-refractivity contribution in [1.29, 1.82) is 0 Å². The quantitative estimate of drug-likeness (QED) is 0.0268. The van der Waals surface area contributed by atoms with Crippen LogP contribution in [0, 0.1) is 5.92 Å². The van der Waals surface area contributed by atoms with Gasteiger partial charge in [0.2, 0.25) is 23.8 Å². The standard InChI is InChI=1S/C35H39Cl2N5O5.C34H38Cl2N6O5.C32H26Cl2F3N5O4/c1-5-25(43)15-21-10-9-11-22(14-21)19-42-33-24(18-38-34(40-33)39-27-13-8-7-12-23(27)16-26(44)6-2)20-41(35(42)45)32-30(36)28(46-3)17-29(47-4)31(32)37;1-5-23(43)15-20-10-9-11-21(14-20)18-42-32-22(17-37-33(40-32)39-25-13-8-7-12-24(25)38-28(44)6-2)19-41(34(42)45)31-29(35)26(46-3)16-27(47-4)30(31)36;1-4-22(43)13-19-12-21(32(35,36)37)10-11-23(19)39-30-38-15-20-17-41(28-26(33)24(45-2)14-25(46-3)27(28)34)31(44)42(29(20)40-30)16-18-8-6-5-7-9-18/h6,9-11,14,17-18,23,27H,2,5,7-8,12-13,15-16,19-20H2,1,3-4H3,(H,38,39,40);6,9-11,14,16-17,24-25H,2,5,7-8,12-13,15,18-19H2,1,3-4H3,(H,38,44)(H,37,39,40);4-12,14-15H,1,13,16-17H2,2-3H3,(H,38,39,40). The number of halogens is 9. The van der Waals surface area contributed by atoms with Crippen molar-refractivity contribution >= 4 is 175 Å². The number of ether oxygens (including phenoxy) is 6. The number of allylic oxidation sites excluding steroid dienone is 2. The smallest absolute Gasteiger partial charge is 0.416 e. The predicted octanol–water partition coefficient (Wildman–Crippen LogP) is 22.1. The highest BCUT2D eigenvalue weighted by molar-refractivity contribution is 6.44. The van der Waals surface area contributed by atoms with Gasteiger partial charge in [0.25, 0.3) is 0 Å². The highest BCUT2D eigenvalue weighted by Crippen LogP contribution is 2.53. The summed E-state index contributed by atoms with van der Waals surface area (Å²) in [5.41, 5.74) is 5.95. The Morgan fingerprint density at radius 2 is 0.807 bits per heavy atom. The first-order valence-corrected chi connectivity index (χ1v) is 47.2. The number of hydrogen-bond acceptors (Lipinski definition) is 23. The summed E-state index contributed by atoms with van der Waals surface area (Å²) in [6, 6.07) is 30.4. The number of carbonyl (C=O) groups excluding carboxylic acids is 8. The number of amides is 7. The van der Waals surface area contributed by atoms with Gasteiger partial charge >= 0.3 is 24.3 Å². The summed E-state index contributed by atoms with van der Waals surface area (Å²) in [6.07, 6.45) is 13.0. The number of Topliss-reactive ketones (excluding diaryl/α,β-unsaturated/α-hetero) is 2. The molecule has 7 aromatic carbocycles. The highest BCUT2D eigenvalue weighted by Gasteiger charge is 2.43. The average molecular weight is 2030 g/mol. The Labute approximate surface area is 837 Å². The van der Waals surface area contributed by atoms with Crippen molar-refractivity contribution in [3.63, 3.8) is 0 Å². The number of fused-ring (bicyclic) bond motifs is 3. The maximum absolute atomic E-state index is 14.5. The Bertz CT molecular complexity index is 6060. The number of benzene rings is 7. The van der Waals surface area contributed by atoms with E-state index in [0.29, 0.717) is 95.3 Å². The first-order valence-electron chi connectivity index (χ1n) is 44.9. The molecule has 39 heteroatoms. The van der Waals surface area contributed by atoms with E-state index in [9.17, 15) is 51.5 Å². The van der Waals surface area contributed by atoms with Crippen molar-refractivity contribution in [3.05, 3.63) is 258 Å². The molecule has 3 aromatic heterocycles. The Morgan fingerprint density at radius 1 is 0.436 bits per heavy atom. The van der Waals surface area contributed by atoms with Gasteiger partial charge in [-0.25, -0.2) is 29.3 Å². The van der Waals surface area contributed by atoms with Crippen molar-refractivity contribution in [1.82, 2.24) is 35.2 Å². The summed E-state index contributed by atoms with van der Waals surface area (Å²) >= 11 is 40.4. The maximum Gasteiger partial charge on any atom is 0.416 e. The van der Waals surface area contributed by atoms with Crippen molar-refractivity contribution in [2.75, 3.05) is 88.0 Å². The number of hydrogen-bond donors (Lipinski definition) is 4. The van der Waals surface area contributed by atoms with Crippen LogP contribution in [0.2, 0.25) is 30.1 Å². The molecule has 2 saturated carbocycles. The molecule has 4 atom stereocenters. The Kier molecular flexibility index (Phi) is 35.0. The molecule has 7 amide bonds. The first kappa shape index (κ1) is 104. The second-order valence-corrected chi connectivity index (χ2v) is 35.7. The molecule has 140 heavy (non-hydrogen) atoms. The lowest BCUT2D eigenvalue weighted by Gasteiger charge is -2.37. The fraction of sp³-hybridized carbons (Fsp3) is 0.327. The average Bonchev–Trinajstić information content (AvgIpc) is 0.755. The summed E-state index contributed by atoms with van der Waals surface area (Å²) in [4.78, 5) is 141. The van der Waals surface area contributed by atoms with E-state index in [2.05, 4.69) is 60.9 Å². The zero-order valence-corrected chi connectivity index (χ0v) is 82.5. The Balaban J connectivity index is 0.000000177. The van der Waals surface area contributed by atoms with Gasteiger partial charge in [0, 0.05) is 116 Å². The van der Waals surface area contributed by atoms with E-state index in [1.807, 2.05) is 92.7 Å². The number of aromatic nitrogens is 6. The normalized spacial score (nSPS) is 16.0. The van der Waals surface area contributed by atoms with Gasteiger partial charge in [0.05, 0.1) is 105 Å². The van der Waals surface area contributed by atoms with E-state index >= 15 is 0 Å². The van der Waals surface area contributed by atoms with Gasteiger partial charge in [0.1, 0.15) is 93.7 Å². The van der Waals surface area contributed by atoms with Crippen molar-refractivity contribution in [2.24, 2.45) is 5.92 Å². The zero-order valence-electron chi connectivity index (χ0n) is 78.0. The molecule has 4 unspecified atom stereocenters. The van der Waals surface area contributed by atoms with Crippen LogP contribution in [0.5, 0.6) is 34.5 Å². The molecule has 2 fully saturated rings. The van der Waals surface area contributed by atoms with Crippen molar-refractivity contribution < 1.29 is 79.9 Å². The molecule has 0 bridgehead atoms. The number of urea groups is 3. The van der Waals surface area contributed by atoms with Crippen LogP contribution in [0.3, 0.4) is 0 Å². The SMILES string of the molecule is C=CC(=O)CC1CCCCC1Nc1ncc2c(n1)N(Cc1cccc(CC(=O)CC)c1)C(=O)N(c1c(Cl)c(OC)cc(OC)c1Cl)C2.C=CC(=O)Cc1cc(C(F)(F)F)ccc1Nc1ncc2c(n1)N(Cc1ccccc1)C(=O)N(c1c(Cl)c(OC)cc(OC)c1Cl)C2.C=CC(=O)NC1CCCCC1Nc1ncc2c(n1)N(Cc1cccc(CC(=O)CC)c1)C(=O)N(c1c(Cl)c(OC)cc(OC)c1Cl)C2. The van der Waals surface area contributed by atoms with Crippen LogP contribution in [0.15, 0.2) is 172 Å². The topological polar surface area (TPSA) is 337 Å². The lowest BCUT2D eigenvalue weighted by Crippen LogP contribution is -2.49. The van der Waals surface area contributed by atoms with Crippen LogP contribution in [-0.4, -0.2) is 138 Å². The number of carbonyl (C=O) groups is 8. The lowest BCUT2D eigenvalue weighted by atomic mass is 9.81. The zero-order chi connectivity index (χ0) is 101. The number of ketones is 4. The third kappa shape index (κ3) is 24.2. The predicted molar refractivity (Wildman–Crippen MR) is 536 cm³/mol. The van der Waals surface area contributed by atoms with Gasteiger partial charge in [-0.15, -0.1) is 0 Å². The minimum Gasteiger partial charge on any atom is -0.495 e. The van der Waals surface area contributed by atoms with Gasteiger partial charge in [0.15, 0.2) is 11.6 Å². The monoisotopic (exact) mass is 2030 g/mol. The summed E-state index contributed by atoms with van der Waals surface area (Å²) in [7, 11) is 8.73. The number of methoxy groups -OCH3 is 6. The van der Waals surface area contributed by atoms with Gasteiger partial charge in [-0.05, 0) is 101 Å². The van der Waals surface area contributed by atoms with Crippen molar-refractivity contribution in [2.45, 2.75) is 167 Å². The van der Waals surface area contributed by atoms with Crippen LogP contribution in [-0.2, 0) is 88.7 Å². The second kappa shape index (κ2) is 47.1. The number of nitrogens with one attached hydrogen (secondary N) is 4. The molecule has 734 valence electrons. The molecular weight excluding hydrogens is 1930 g/mol. The first-order chi connectivity index (χ1) is 67.3. The third-order valence-corrected chi connectivity index (χ3v) is 26.5.